The number of urea groups is 1. The maximum absolute atomic E-state index is 17.9. The van der Waals surface area contributed by atoms with E-state index >= 15 is 8.78 Å². The third-order valence-corrected chi connectivity index (χ3v) is 26.1. The van der Waals surface area contributed by atoms with Crippen LogP contribution >= 0.6 is 0 Å². The molecule has 2 aromatic heterocycles. The number of β-amino-alcohol motifs (C(OH)–C–C–N with tert-alkyl or cyclic N) is 1. The lowest BCUT2D eigenvalue weighted by Gasteiger charge is -2.47. The first kappa shape index (κ1) is 63.7. The second-order valence-electron chi connectivity index (χ2n) is 26.5. The van der Waals surface area contributed by atoms with Crippen LogP contribution < -0.4 is 24.6 Å². The highest BCUT2D eigenvalue weighted by Crippen LogP contribution is 2.48. The normalized spacial score (nSPS) is 20.4. The Morgan fingerprint density at radius 3 is 2.24 bits per heavy atom. The van der Waals surface area contributed by atoms with Crippen LogP contribution in [0.1, 0.15) is 128 Å². The van der Waals surface area contributed by atoms with Crippen LogP contribution in [0.15, 0.2) is 48.7 Å². The van der Waals surface area contributed by atoms with Gasteiger partial charge in [-0.05, 0) is 134 Å². The summed E-state index contributed by atoms with van der Waals surface area (Å²) in [5.41, 5.74) is 6.28. The van der Waals surface area contributed by atoms with Crippen LogP contribution in [0, 0.1) is 41.4 Å². The molecule has 2 N–H and O–H groups in total. The number of anilines is 2. The van der Waals surface area contributed by atoms with Gasteiger partial charge in [-0.25, -0.2) is 13.6 Å². The number of nitrogens with one attached hydrogen (secondary N) is 1. The predicted molar refractivity (Wildman–Crippen MR) is 338 cm³/mol. The van der Waals surface area contributed by atoms with Crippen molar-refractivity contribution < 1.29 is 47.2 Å². The molecule has 5 aliphatic rings. The SMILES string of the molecule is COCOc1cc(-c2ncc3c(N4CCC[C@@](C)(O)C4)nc(OC[C@@H](CN4CCN(CC5CCC6(CC5)CCN(C(=O)c5ccc(C)c(N7CCC(=O)NC7=O)c5)CC6)CC4)OC)nc3c2F)c2c(C#C[Si](C(C)C)(C(C)C)C(C)C)c(F)ccc2c1. The van der Waals surface area contributed by atoms with E-state index in [1.165, 1.54) is 38.9 Å². The molecule has 10 rings (SSSR count). The number of hydrogen-bond donors (Lipinski definition) is 2. The topological polar surface area (TPSA) is 175 Å². The predicted octanol–water partition coefficient (Wildman–Crippen LogP) is 10.9. The van der Waals surface area contributed by atoms with Crippen molar-refractivity contribution in [3.05, 3.63) is 77.0 Å². The van der Waals surface area contributed by atoms with Crippen LogP contribution in [0.3, 0.4) is 0 Å². The minimum Gasteiger partial charge on any atom is -0.468 e. The third-order valence-electron chi connectivity index (χ3n) is 19.8. The Morgan fingerprint density at radius 2 is 1.57 bits per heavy atom. The van der Waals surface area contributed by atoms with Crippen molar-refractivity contribution in [2.24, 2.45) is 11.3 Å². The molecule has 4 aliphatic heterocycles. The van der Waals surface area contributed by atoms with Gasteiger partial charge >= 0.3 is 12.0 Å². The summed E-state index contributed by atoms with van der Waals surface area (Å²) in [6.45, 7) is 24.8. The Kier molecular flexibility index (Phi) is 19.6. The number of aryl methyl sites for hydroxylation is 1. The maximum atomic E-state index is 17.9. The fraction of sp³-hybridized carbons (Fsp3) is 0.582. The summed E-state index contributed by atoms with van der Waals surface area (Å²) in [6, 6.07) is 11.5. The van der Waals surface area contributed by atoms with Crippen LogP contribution in [-0.4, -0.2) is 172 Å². The first-order chi connectivity index (χ1) is 41.6. The van der Waals surface area contributed by atoms with Gasteiger partial charge in [-0.2, -0.15) is 9.97 Å². The average molecular weight is 1210 g/mol. The lowest BCUT2D eigenvalue weighted by Crippen LogP contribution is -2.51. The molecule has 1 spiro atoms. The number of methoxy groups -OCH3 is 2. The van der Waals surface area contributed by atoms with Gasteiger partial charge in [0.2, 0.25) is 5.91 Å². The molecule has 5 fully saturated rings. The number of imide groups is 1. The summed E-state index contributed by atoms with van der Waals surface area (Å²) in [5.74, 6) is 3.18. The number of amides is 4. The number of piperazine rings is 1. The Labute approximate surface area is 512 Å². The summed E-state index contributed by atoms with van der Waals surface area (Å²) in [4.78, 5) is 63.1. The minimum atomic E-state index is -2.34. The van der Waals surface area contributed by atoms with Gasteiger partial charge in [-0.1, -0.05) is 59.6 Å². The highest BCUT2D eigenvalue weighted by Gasteiger charge is 2.43. The van der Waals surface area contributed by atoms with Crippen LogP contribution in [0.25, 0.3) is 32.9 Å². The van der Waals surface area contributed by atoms with Gasteiger partial charge < -0.3 is 38.8 Å². The zero-order valence-electron chi connectivity index (χ0n) is 52.7. The molecule has 17 nitrogen and oxygen atoms in total. The largest absolute Gasteiger partial charge is 0.468 e. The molecule has 2 atom stereocenters. The number of carbonyl (C=O) groups is 3. The van der Waals surface area contributed by atoms with Gasteiger partial charge in [0.25, 0.3) is 5.91 Å². The van der Waals surface area contributed by atoms with E-state index in [4.69, 9.17) is 33.9 Å². The summed E-state index contributed by atoms with van der Waals surface area (Å²) in [7, 11) is 0.841. The van der Waals surface area contributed by atoms with E-state index in [1.54, 1.807) is 49.4 Å². The van der Waals surface area contributed by atoms with Gasteiger partial charge in [0.1, 0.15) is 49.4 Å². The highest BCUT2D eigenvalue weighted by atomic mass is 28.3. The van der Waals surface area contributed by atoms with Crippen molar-refractivity contribution in [2.45, 2.75) is 142 Å². The number of likely N-dealkylation sites (tertiary alicyclic amines) is 1. The van der Waals surface area contributed by atoms with Crippen LogP contribution in [0.4, 0.5) is 25.1 Å². The molecule has 5 aromatic rings. The average Bonchev–Trinajstić information content (AvgIpc) is 0.904. The van der Waals surface area contributed by atoms with Crippen molar-refractivity contribution >= 4 is 59.1 Å². The Hall–Kier alpha value is -6.34. The number of aliphatic hydroxyl groups is 1. The fourth-order valence-electron chi connectivity index (χ4n) is 14.8. The van der Waals surface area contributed by atoms with Crippen molar-refractivity contribution in [3.8, 4) is 34.5 Å². The molecule has 87 heavy (non-hydrogen) atoms. The monoisotopic (exact) mass is 1210 g/mol. The quantitative estimate of drug-likeness (QED) is 0.0481. The molecule has 4 amide bonds. The van der Waals surface area contributed by atoms with Gasteiger partial charge in [0, 0.05) is 121 Å². The van der Waals surface area contributed by atoms with Crippen molar-refractivity contribution in [1.82, 2.24) is 35.0 Å². The van der Waals surface area contributed by atoms with Crippen LogP contribution in [0.2, 0.25) is 16.6 Å². The lowest BCUT2D eigenvalue weighted by atomic mass is 9.65. The second kappa shape index (κ2) is 26.8. The summed E-state index contributed by atoms with van der Waals surface area (Å²) in [5, 5.41) is 15.1. The number of fused-ring (bicyclic) bond motifs is 2. The first-order valence-corrected chi connectivity index (χ1v) is 33.7. The molecule has 468 valence electrons. The van der Waals surface area contributed by atoms with Gasteiger partial charge in [0.05, 0.1) is 16.6 Å². The van der Waals surface area contributed by atoms with E-state index in [9.17, 15) is 19.5 Å². The Morgan fingerprint density at radius 1 is 0.862 bits per heavy atom. The highest BCUT2D eigenvalue weighted by molar-refractivity contribution is 6.90. The molecule has 1 saturated carbocycles. The molecule has 0 radical (unpaired) electrons. The number of carbonyl (C=O) groups excluding carboxylic acids is 3. The van der Waals surface area contributed by atoms with E-state index in [0.717, 1.165) is 64.2 Å². The number of aromatic nitrogens is 3. The van der Waals surface area contributed by atoms with Crippen LogP contribution in [-0.2, 0) is 14.3 Å². The molecule has 20 heteroatoms. The smallest absolute Gasteiger partial charge is 0.328 e. The van der Waals surface area contributed by atoms with Crippen molar-refractivity contribution in [2.75, 3.05) is 109 Å². The molecule has 4 saturated heterocycles. The summed E-state index contributed by atoms with van der Waals surface area (Å²) in [6.07, 6.45) is 9.39. The third kappa shape index (κ3) is 13.8. The number of halogens is 2. The Balaban J connectivity index is 0.802. The number of rotatable bonds is 18. The number of ether oxygens (including phenoxy) is 4. The maximum Gasteiger partial charge on any atom is 0.328 e. The zero-order valence-corrected chi connectivity index (χ0v) is 53.7. The molecule has 3 aromatic carbocycles. The fourth-order valence-corrected chi connectivity index (χ4v) is 20.0. The van der Waals surface area contributed by atoms with Crippen molar-refractivity contribution in [1.29, 1.82) is 0 Å². The van der Waals surface area contributed by atoms with Gasteiger partial charge in [0.15, 0.2) is 12.6 Å². The van der Waals surface area contributed by atoms with Crippen molar-refractivity contribution in [3.63, 3.8) is 0 Å². The van der Waals surface area contributed by atoms with Gasteiger partial charge in [-0.3, -0.25) is 29.7 Å². The van der Waals surface area contributed by atoms with E-state index in [0.29, 0.717) is 87.4 Å². The summed E-state index contributed by atoms with van der Waals surface area (Å²) < 4.78 is 58.1. The van der Waals surface area contributed by atoms with E-state index in [1.807, 2.05) is 28.9 Å². The number of nitrogens with zero attached hydrogens (tertiary/aromatic N) is 8. The number of hydrogen-bond acceptors (Lipinski definition) is 14. The number of benzene rings is 3. The zero-order chi connectivity index (χ0) is 62.0. The molecule has 1 aliphatic carbocycles. The molecule has 0 bridgehead atoms. The first-order valence-electron chi connectivity index (χ1n) is 31.5. The molecule has 6 heterocycles. The molecule has 0 unspecified atom stereocenters. The Bertz CT molecular complexity index is 3380. The lowest BCUT2D eigenvalue weighted by molar-refractivity contribution is -0.120. The minimum absolute atomic E-state index is 0.0138. The standard InChI is InChI=1S/C67H89F2N9O8Si/c1-43(2)87(44(3)4,45(5)6)33-19-52-55(68)15-14-48-34-50(86-42-83-9)36-53(58(48)52)60-59(69)61-54(37-70-60)62(77-25-11-20-66(8,82)41-77)73-64(72-61)85-40-51(84-10)39-75-31-29-74(30-32-75)38-47-16-21-67(22-17-47)23-27-76(28-24-67)63(80)49-13-12-46(7)56(35-49)78-26-18-57(79)71-65(78)81/h12-15,34-37,43-45,47,51,82H,11,16-18,20-32,38-42H2,1-10H3,(H,71,79,81)/t51-,66-/m1/s1. The second-order valence-corrected chi connectivity index (χ2v) is 32.1. The number of piperidine rings is 2. The summed E-state index contributed by atoms with van der Waals surface area (Å²) >= 11 is 0. The molecular formula is C67H89F2N9O8Si. The van der Waals surface area contributed by atoms with Crippen LogP contribution in [0.5, 0.6) is 11.8 Å². The molecular weight excluding hydrogens is 1120 g/mol. The van der Waals surface area contributed by atoms with E-state index in [-0.39, 0.29) is 84.6 Å². The van der Waals surface area contributed by atoms with E-state index < -0.39 is 31.3 Å². The van der Waals surface area contributed by atoms with E-state index in [2.05, 4.69) is 68.1 Å². The number of pyridine rings is 1. The van der Waals surface area contributed by atoms with Gasteiger partial charge in [-0.15, -0.1) is 5.54 Å².